The number of benzene rings is 1. The van der Waals surface area contributed by atoms with Crippen LogP contribution in [0.2, 0.25) is 0 Å². The molecule has 0 nitrogen and oxygen atoms in total. The minimum atomic E-state index is -2.68. The first-order valence-corrected chi connectivity index (χ1v) is 5.21. The lowest BCUT2D eigenvalue weighted by Gasteiger charge is -2.14. The molecule has 0 N–H and O–H groups in total. The van der Waals surface area contributed by atoms with Crippen molar-refractivity contribution in [2.75, 3.05) is 0 Å². The van der Waals surface area contributed by atoms with Gasteiger partial charge in [0.15, 0.2) is 11.7 Å². The molecule has 0 saturated heterocycles. The number of hydrogen-bond acceptors (Lipinski definition) is 0. The summed E-state index contributed by atoms with van der Waals surface area (Å²) in [5, 5.41) is 0. The molecule has 1 rings (SSSR count). The number of aryl methyl sites for hydroxylation is 1. The van der Waals surface area contributed by atoms with E-state index in [1.165, 1.54) is 20.8 Å². The van der Waals surface area contributed by atoms with E-state index in [0.717, 1.165) is 6.07 Å². The van der Waals surface area contributed by atoms with Crippen molar-refractivity contribution in [3.63, 3.8) is 0 Å². The fraction of sp³-hybridized carbons (Fsp3) is 0.231. The van der Waals surface area contributed by atoms with E-state index in [1.807, 2.05) is 0 Å². The van der Waals surface area contributed by atoms with Crippen molar-refractivity contribution in [1.29, 1.82) is 0 Å². The van der Waals surface area contributed by atoms with Crippen LogP contribution in [-0.4, -0.2) is 0 Å². The molecular formula is C13H10F6. The summed E-state index contributed by atoms with van der Waals surface area (Å²) in [5.41, 5.74) is -0.877. The SMILES string of the molecule is Cc1cc(C(F)=C(F)F)c(C(F)=C(F)F)c(C)c1C. The van der Waals surface area contributed by atoms with Crippen LogP contribution in [0.5, 0.6) is 0 Å². The van der Waals surface area contributed by atoms with Gasteiger partial charge >= 0.3 is 12.2 Å². The lowest BCUT2D eigenvalue weighted by atomic mass is 9.92. The van der Waals surface area contributed by atoms with Gasteiger partial charge in [-0.05, 0) is 43.5 Å². The molecule has 1 aromatic rings. The van der Waals surface area contributed by atoms with Gasteiger partial charge in [-0.25, -0.2) is 8.78 Å². The Morgan fingerprint density at radius 3 is 1.63 bits per heavy atom. The van der Waals surface area contributed by atoms with E-state index in [-0.39, 0.29) is 5.56 Å². The Hall–Kier alpha value is -1.72. The third kappa shape index (κ3) is 2.83. The molecule has 19 heavy (non-hydrogen) atoms. The van der Waals surface area contributed by atoms with Crippen LogP contribution in [0, 0.1) is 20.8 Å². The fourth-order valence-corrected chi connectivity index (χ4v) is 1.73. The summed E-state index contributed by atoms with van der Waals surface area (Å²) in [6.07, 6.45) is -5.37. The van der Waals surface area contributed by atoms with Crippen molar-refractivity contribution in [2.24, 2.45) is 0 Å². The van der Waals surface area contributed by atoms with Crippen LogP contribution in [0.25, 0.3) is 11.7 Å². The molecule has 0 unspecified atom stereocenters. The number of rotatable bonds is 2. The Morgan fingerprint density at radius 2 is 1.21 bits per heavy atom. The highest BCUT2D eigenvalue weighted by Gasteiger charge is 2.23. The van der Waals surface area contributed by atoms with E-state index < -0.39 is 34.9 Å². The first-order chi connectivity index (χ1) is 8.68. The molecule has 0 fully saturated rings. The summed E-state index contributed by atoms with van der Waals surface area (Å²) in [7, 11) is 0. The number of hydrogen-bond donors (Lipinski definition) is 0. The molecular weight excluding hydrogens is 270 g/mol. The van der Waals surface area contributed by atoms with Crippen molar-refractivity contribution < 1.29 is 26.3 Å². The second-order valence-electron chi connectivity index (χ2n) is 4.01. The average molecular weight is 280 g/mol. The second kappa shape index (κ2) is 5.50. The summed E-state index contributed by atoms with van der Waals surface area (Å²) >= 11 is 0. The maximum Gasteiger partial charge on any atom is 0.306 e. The molecule has 0 aromatic heterocycles. The fourth-order valence-electron chi connectivity index (χ4n) is 1.73. The summed E-state index contributed by atoms with van der Waals surface area (Å²) in [5.74, 6) is -4.00. The predicted octanol–water partition coefficient (Wildman–Crippen LogP) is 5.68. The van der Waals surface area contributed by atoms with Gasteiger partial charge in [0, 0.05) is 11.1 Å². The molecule has 0 radical (unpaired) electrons. The Morgan fingerprint density at radius 1 is 0.737 bits per heavy atom. The first-order valence-electron chi connectivity index (χ1n) is 5.21. The van der Waals surface area contributed by atoms with E-state index in [0.29, 0.717) is 11.1 Å². The van der Waals surface area contributed by atoms with Crippen LogP contribution >= 0.6 is 0 Å². The lowest BCUT2D eigenvalue weighted by Crippen LogP contribution is -1.99. The molecule has 6 heteroatoms. The van der Waals surface area contributed by atoms with Gasteiger partial charge in [0.25, 0.3) is 0 Å². The monoisotopic (exact) mass is 280 g/mol. The number of halogens is 6. The molecule has 1 aromatic carbocycles. The Bertz CT molecular complexity index is 575. The van der Waals surface area contributed by atoms with E-state index in [2.05, 4.69) is 0 Å². The van der Waals surface area contributed by atoms with Crippen molar-refractivity contribution in [1.82, 2.24) is 0 Å². The molecule has 0 aliphatic carbocycles. The Labute approximate surface area is 106 Å². The molecule has 0 spiro atoms. The summed E-state index contributed by atoms with van der Waals surface area (Å²) in [4.78, 5) is 0. The largest absolute Gasteiger partial charge is 0.306 e. The van der Waals surface area contributed by atoms with Gasteiger partial charge in [-0.15, -0.1) is 0 Å². The van der Waals surface area contributed by atoms with Gasteiger partial charge in [-0.3, -0.25) is 0 Å². The maximum atomic E-state index is 13.4. The summed E-state index contributed by atoms with van der Waals surface area (Å²) < 4.78 is 76.0. The van der Waals surface area contributed by atoms with Crippen LogP contribution in [0.3, 0.4) is 0 Å². The quantitative estimate of drug-likeness (QED) is 0.611. The molecule has 0 bridgehead atoms. The van der Waals surface area contributed by atoms with E-state index in [4.69, 9.17) is 0 Å². The van der Waals surface area contributed by atoms with Crippen LogP contribution in [0.1, 0.15) is 27.8 Å². The highest BCUT2D eigenvalue weighted by molar-refractivity contribution is 5.78. The van der Waals surface area contributed by atoms with Gasteiger partial charge in [0.2, 0.25) is 0 Å². The summed E-state index contributed by atoms with van der Waals surface area (Å²) in [6.45, 7) is 4.27. The molecule has 0 aliphatic heterocycles. The van der Waals surface area contributed by atoms with Crippen LogP contribution in [0.15, 0.2) is 18.2 Å². The van der Waals surface area contributed by atoms with E-state index >= 15 is 0 Å². The zero-order chi connectivity index (χ0) is 14.9. The minimum Gasteiger partial charge on any atom is -0.200 e. The van der Waals surface area contributed by atoms with Crippen LogP contribution < -0.4 is 0 Å². The summed E-state index contributed by atoms with van der Waals surface area (Å²) in [6, 6.07) is 0.925. The van der Waals surface area contributed by atoms with Gasteiger partial charge in [0.1, 0.15) is 0 Å². The van der Waals surface area contributed by atoms with Gasteiger partial charge in [0.05, 0.1) is 0 Å². The highest BCUT2D eigenvalue weighted by Crippen LogP contribution is 2.37. The highest BCUT2D eigenvalue weighted by atomic mass is 19.3. The van der Waals surface area contributed by atoms with Gasteiger partial charge in [-0.1, -0.05) is 0 Å². The Balaban J connectivity index is 3.83. The third-order valence-electron chi connectivity index (χ3n) is 2.95. The normalized spacial score (nSPS) is 10.4. The van der Waals surface area contributed by atoms with Gasteiger partial charge in [-0.2, -0.15) is 17.6 Å². The topological polar surface area (TPSA) is 0 Å². The van der Waals surface area contributed by atoms with Crippen LogP contribution in [-0.2, 0) is 0 Å². The first kappa shape index (κ1) is 15.3. The zero-order valence-corrected chi connectivity index (χ0v) is 10.3. The molecule has 104 valence electrons. The van der Waals surface area contributed by atoms with Crippen molar-refractivity contribution in [3.8, 4) is 0 Å². The van der Waals surface area contributed by atoms with Crippen molar-refractivity contribution in [3.05, 3.63) is 46.0 Å². The van der Waals surface area contributed by atoms with Crippen molar-refractivity contribution >= 4 is 11.7 Å². The molecule has 0 heterocycles. The molecule has 0 atom stereocenters. The van der Waals surface area contributed by atoms with Gasteiger partial charge < -0.3 is 0 Å². The minimum absolute atomic E-state index is 0.00306. The average Bonchev–Trinajstić information content (AvgIpc) is 2.33. The zero-order valence-electron chi connectivity index (χ0n) is 10.3. The maximum absolute atomic E-state index is 13.4. The predicted molar refractivity (Wildman–Crippen MR) is 61.1 cm³/mol. The second-order valence-corrected chi connectivity index (χ2v) is 4.01. The van der Waals surface area contributed by atoms with Crippen molar-refractivity contribution in [2.45, 2.75) is 20.8 Å². The molecule has 0 saturated carbocycles. The molecule has 0 aliphatic rings. The smallest absolute Gasteiger partial charge is 0.200 e. The van der Waals surface area contributed by atoms with Crippen LogP contribution in [0.4, 0.5) is 26.3 Å². The van der Waals surface area contributed by atoms with E-state index in [1.54, 1.807) is 0 Å². The van der Waals surface area contributed by atoms with E-state index in [9.17, 15) is 26.3 Å². The molecule has 0 amide bonds. The Kier molecular flexibility index (Phi) is 4.44. The third-order valence-corrected chi connectivity index (χ3v) is 2.95. The lowest BCUT2D eigenvalue weighted by molar-refractivity contribution is 0.407. The standard InChI is InChI=1S/C13H10F6/c1-5-4-8(10(14)12(16)17)9(7(3)6(5)2)11(15)13(18)19/h4H,1-3H3.